The zero-order valence-electron chi connectivity index (χ0n) is 18.7. The third-order valence-corrected chi connectivity index (χ3v) is 7.68. The number of sulfonamides is 1. The van der Waals surface area contributed by atoms with E-state index in [0.717, 1.165) is 17.8 Å². The Hall–Kier alpha value is -3.38. The Kier molecular flexibility index (Phi) is 5.80. The summed E-state index contributed by atoms with van der Waals surface area (Å²) >= 11 is 5.89. The van der Waals surface area contributed by atoms with Crippen molar-refractivity contribution < 1.29 is 17.2 Å². The molecule has 1 atom stereocenters. The van der Waals surface area contributed by atoms with Crippen molar-refractivity contribution in [1.82, 2.24) is 29.7 Å². The van der Waals surface area contributed by atoms with Gasteiger partial charge in [0.25, 0.3) is 10.0 Å². The minimum Gasteiger partial charge on any atom is -0.333 e. The maximum absolute atomic E-state index is 15.5. The van der Waals surface area contributed by atoms with Crippen LogP contribution in [0.1, 0.15) is 35.1 Å². The Morgan fingerprint density at radius 2 is 2.00 bits per heavy atom. The van der Waals surface area contributed by atoms with E-state index in [1.54, 1.807) is 13.3 Å². The number of hydrogen-bond donors (Lipinski definition) is 2. The van der Waals surface area contributed by atoms with Gasteiger partial charge in [-0.05, 0) is 44.9 Å². The van der Waals surface area contributed by atoms with Gasteiger partial charge in [-0.2, -0.15) is 0 Å². The minimum atomic E-state index is -4.21. The number of benzene rings is 1. The van der Waals surface area contributed by atoms with Gasteiger partial charge >= 0.3 is 0 Å². The number of aromatic amines is 1. The number of aryl methyl sites for hydroxylation is 2. The van der Waals surface area contributed by atoms with Gasteiger partial charge in [0.05, 0.1) is 22.7 Å². The molecule has 4 aromatic rings. The summed E-state index contributed by atoms with van der Waals surface area (Å²) in [5.74, 6) is -1.04. The highest BCUT2D eigenvalue weighted by molar-refractivity contribution is 7.92. The predicted molar refractivity (Wildman–Crippen MR) is 125 cm³/mol. The zero-order valence-corrected chi connectivity index (χ0v) is 20.3. The molecule has 13 heteroatoms. The maximum atomic E-state index is 15.5. The quantitative estimate of drug-likeness (QED) is 0.409. The van der Waals surface area contributed by atoms with Gasteiger partial charge in [0.15, 0.2) is 11.6 Å². The van der Waals surface area contributed by atoms with Crippen molar-refractivity contribution in [2.75, 3.05) is 4.72 Å². The molecule has 0 unspecified atom stereocenters. The average molecular weight is 520 g/mol. The molecule has 182 valence electrons. The second-order valence-electron chi connectivity index (χ2n) is 8.35. The normalized spacial score (nSPS) is 15.7. The molecule has 0 saturated carbocycles. The highest BCUT2D eigenvalue weighted by Gasteiger charge is 2.30. The Morgan fingerprint density at radius 3 is 2.74 bits per heavy atom. The van der Waals surface area contributed by atoms with Crippen LogP contribution >= 0.6 is 11.6 Å². The summed E-state index contributed by atoms with van der Waals surface area (Å²) in [4.78, 5) is 11.2. The van der Waals surface area contributed by atoms with Gasteiger partial charge in [-0.1, -0.05) is 11.6 Å². The molecule has 1 aromatic carbocycles. The Balaban J connectivity index is 1.45. The molecule has 1 aliphatic rings. The number of fused-ring (bicyclic) bond motifs is 1. The molecule has 0 aliphatic carbocycles. The van der Waals surface area contributed by atoms with E-state index in [-0.39, 0.29) is 33.4 Å². The molecular weight excluding hydrogens is 500 g/mol. The second kappa shape index (κ2) is 8.68. The summed E-state index contributed by atoms with van der Waals surface area (Å²) < 4.78 is 60.2. The van der Waals surface area contributed by atoms with Crippen molar-refractivity contribution in [1.29, 1.82) is 0 Å². The van der Waals surface area contributed by atoms with Crippen molar-refractivity contribution in [2.45, 2.75) is 44.0 Å². The van der Waals surface area contributed by atoms with Gasteiger partial charge in [-0.3, -0.25) is 9.71 Å². The summed E-state index contributed by atoms with van der Waals surface area (Å²) in [6.45, 7) is 3.55. The first-order valence-corrected chi connectivity index (χ1v) is 12.6. The first-order chi connectivity index (χ1) is 16.6. The molecule has 0 spiro atoms. The lowest BCUT2D eigenvalue weighted by molar-refractivity contribution is 0.427. The number of H-pyrrole nitrogens is 1. The molecule has 4 heterocycles. The number of nitrogens with one attached hydrogen (secondary N) is 2. The number of imidazole rings is 1. The molecular formula is C22H20ClF2N7O2S. The smallest absolute Gasteiger partial charge is 0.263 e. The molecule has 35 heavy (non-hydrogen) atoms. The summed E-state index contributed by atoms with van der Waals surface area (Å²) in [5, 5.41) is 8.15. The SMILES string of the molecule is Cc1nnc(-c2ncn3c2CC[C@@H](c2c(F)ccc(NS(=O)(=O)c4cc(Cl)cnc4C)c2F)C3)[nH]1. The zero-order chi connectivity index (χ0) is 24.9. The van der Waals surface area contributed by atoms with E-state index < -0.39 is 27.6 Å². The highest BCUT2D eigenvalue weighted by Crippen LogP contribution is 2.37. The van der Waals surface area contributed by atoms with Gasteiger partial charge < -0.3 is 9.55 Å². The largest absolute Gasteiger partial charge is 0.333 e. The van der Waals surface area contributed by atoms with E-state index in [1.807, 2.05) is 4.57 Å². The number of halogens is 3. The summed E-state index contributed by atoms with van der Waals surface area (Å²) in [6, 6.07) is 3.35. The van der Waals surface area contributed by atoms with E-state index in [1.165, 1.54) is 19.2 Å². The van der Waals surface area contributed by atoms with E-state index in [4.69, 9.17) is 11.6 Å². The van der Waals surface area contributed by atoms with Crippen molar-refractivity contribution in [3.05, 3.63) is 70.2 Å². The van der Waals surface area contributed by atoms with E-state index in [0.29, 0.717) is 30.2 Å². The molecule has 0 bridgehead atoms. The molecule has 3 aromatic heterocycles. The van der Waals surface area contributed by atoms with E-state index >= 15 is 4.39 Å². The standard InChI is InChI=1S/C22H20ClF2N7O2S/c1-11-18(7-14(23)8-26-11)35(33,34)31-16-5-4-15(24)19(20(16)25)13-3-6-17-21(27-10-32(17)9-13)22-28-12(2)29-30-22/h4-5,7-8,10,13,31H,3,6,9H2,1-2H3,(H,28,29,30)/t13-/m1/s1. The predicted octanol–water partition coefficient (Wildman–Crippen LogP) is 4.14. The van der Waals surface area contributed by atoms with Crippen molar-refractivity contribution in [3.8, 4) is 11.5 Å². The van der Waals surface area contributed by atoms with Crippen molar-refractivity contribution in [2.24, 2.45) is 0 Å². The van der Waals surface area contributed by atoms with Crippen LogP contribution in [0, 0.1) is 25.5 Å². The molecule has 5 rings (SSSR count). The summed E-state index contributed by atoms with van der Waals surface area (Å²) in [5.41, 5.74) is 1.20. The highest BCUT2D eigenvalue weighted by atomic mass is 35.5. The third-order valence-electron chi connectivity index (χ3n) is 5.99. The van der Waals surface area contributed by atoms with Gasteiger partial charge in [0.2, 0.25) is 0 Å². The summed E-state index contributed by atoms with van der Waals surface area (Å²) in [7, 11) is -4.21. The first-order valence-electron chi connectivity index (χ1n) is 10.7. The van der Waals surface area contributed by atoms with Crippen LogP contribution in [0.15, 0.2) is 35.6 Å². The van der Waals surface area contributed by atoms with Crippen LogP contribution < -0.4 is 4.72 Å². The van der Waals surface area contributed by atoms with Gasteiger partial charge in [-0.15, -0.1) is 10.2 Å². The summed E-state index contributed by atoms with van der Waals surface area (Å²) in [6.07, 6.45) is 3.86. The number of rotatable bonds is 5. The molecule has 9 nitrogen and oxygen atoms in total. The van der Waals surface area contributed by atoms with Crippen LogP contribution in [0.4, 0.5) is 14.5 Å². The molecule has 0 saturated heterocycles. The topological polar surface area (TPSA) is 118 Å². The fourth-order valence-corrected chi connectivity index (χ4v) is 5.84. The van der Waals surface area contributed by atoms with Gasteiger partial charge in [-0.25, -0.2) is 22.2 Å². The fraction of sp³-hybridized carbons (Fsp3) is 0.273. The third kappa shape index (κ3) is 4.27. The first kappa shape index (κ1) is 23.4. The lowest BCUT2D eigenvalue weighted by atomic mass is 9.89. The molecule has 0 fully saturated rings. The molecule has 2 N–H and O–H groups in total. The van der Waals surface area contributed by atoms with E-state index in [9.17, 15) is 12.8 Å². The monoisotopic (exact) mass is 519 g/mol. The van der Waals surface area contributed by atoms with E-state index in [2.05, 4.69) is 29.9 Å². The number of nitrogens with zero attached hydrogens (tertiary/aromatic N) is 5. The lowest BCUT2D eigenvalue weighted by Crippen LogP contribution is -2.22. The van der Waals surface area contributed by atoms with Crippen LogP contribution in [0.3, 0.4) is 0 Å². The number of aromatic nitrogens is 6. The van der Waals surface area contributed by atoms with Crippen LogP contribution in [0.5, 0.6) is 0 Å². The van der Waals surface area contributed by atoms with Crippen LogP contribution in [0.2, 0.25) is 5.02 Å². The van der Waals surface area contributed by atoms with Crippen LogP contribution in [-0.2, 0) is 23.0 Å². The van der Waals surface area contributed by atoms with Crippen LogP contribution in [-0.4, -0.2) is 38.1 Å². The number of anilines is 1. The number of hydrogen-bond acceptors (Lipinski definition) is 6. The Morgan fingerprint density at radius 1 is 1.20 bits per heavy atom. The average Bonchev–Trinajstić information content (AvgIpc) is 3.43. The van der Waals surface area contributed by atoms with Gasteiger partial charge in [0, 0.05) is 29.9 Å². The fourth-order valence-electron chi connectivity index (χ4n) is 4.34. The maximum Gasteiger partial charge on any atom is 0.263 e. The lowest BCUT2D eigenvalue weighted by Gasteiger charge is -2.26. The van der Waals surface area contributed by atoms with Crippen molar-refractivity contribution >= 4 is 27.3 Å². The van der Waals surface area contributed by atoms with Gasteiger partial charge in [0.1, 0.15) is 22.2 Å². The molecule has 0 amide bonds. The van der Waals surface area contributed by atoms with Crippen molar-refractivity contribution in [3.63, 3.8) is 0 Å². The molecule has 1 aliphatic heterocycles. The molecule has 0 radical (unpaired) electrons. The van der Waals surface area contributed by atoms with Crippen LogP contribution in [0.25, 0.3) is 11.5 Å². The second-order valence-corrected chi connectivity index (χ2v) is 10.4. The Labute approximate surface area is 204 Å². The minimum absolute atomic E-state index is 0.120. The Bertz CT molecular complexity index is 1550. The number of pyridine rings is 1.